The van der Waals surface area contributed by atoms with E-state index >= 15 is 0 Å². The number of halogens is 1. The van der Waals surface area contributed by atoms with Gasteiger partial charge in [-0.15, -0.1) is 0 Å². The minimum absolute atomic E-state index is 0.0335. The number of likely N-dealkylation sites (N-methyl/N-ethyl adjacent to an activating group) is 1. The number of rotatable bonds is 7. The summed E-state index contributed by atoms with van der Waals surface area (Å²) < 4.78 is 21.1. The summed E-state index contributed by atoms with van der Waals surface area (Å²) in [6.07, 6.45) is 5.37. The quantitative estimate of drug-likeness (QED) is 0.516. The largest absolute Gasteiger partial charge is 0.496 e. The van der Waals surface area contributed by atoms with Crippen molar-refractivity contribution in [3.63, 3.8) is 0 Å². The Hall–Kier alpha value is -3.73. The molecule has 10 nitrogen and oxygen atoms in total. The van der Waals surface area contributed by atoms with E-state index in [1.807, 2.05) is 10.9 Å². The Labute approximate surface area is 207 Å². The van der Waals surface area contributed by atoms with Crippen LogP contribution in [0.25, 0.3) is 10.9 Å². The van der Waals surface area contributed by atoms with Gasteiger partial charge in [-0.3, -0.25) is 23.6 Å². The number of nitrogens with one attached hydrogen (secondary N) is 1. The standard InChI is InChI=1S/C25H30FN5O5/c1-15(32)24(34)29(2)17-6-8-18(9-7-17)31-13-16-11-19(22(36-3)12-21(16)28-31)23(33)27-20-5-4-10-30(14-26)25(20)35/h4-5,10-13,15,17-18,32H,6-9,14H2,1-3H3,(H,27,33)/t15-,17?,18?/m1/s1. The van der Waals surface area contributed by atoms with Gasteiger partial charge in [-0.1, -0.05) is 0 Å². The number of hydrogen-bond donors (Lipinski definition) is 2. The minimum atomic E-state index is -1.02. The average Bonchev–Trinajstić information content (AvgIpc) is 3.31. The van der Waals surface area contributed by atoms with Gasteiger partial charge in [0.25, 0.3) is 17.4 Å². The smallest absolute Gasteiger partial charge is 0.276 e. The summed E-state index contributed by atoms with van der Waals surface area (Å²) in [5, 5.41) is 17.6. The number of nitrogens with zero attached hydrogens (tertiary/aromatic N) is 4. The highest BCUT2D eigenvalue weighted by molar-refractivity contribution is 6.08. The van der Waals surface area contributed by atoms with Crippen molar-refractivity contribution < 1.29 is 23.8 Å². The maximum absolute atomic E-state index is 13.0. The lowest BCUT2D eigenvalue weighted by atomic mass is 9.90. The van der Waals surface area contributed by atoms with E-state index in [4.69, 9.17) is 4.74 Å². The fraction of sp³-hybridized carbons (Fsp3) is 0.440. The first kappa shape index (κ1) is 25.4. The number of benzene rings is 1. The van der Waals surface area contributed by atoms with Gasteiger partial charge in [0.15, 0.2) is 6.80 Å². The molecule has 1 aliphatic rings. The molecule has 0 aliphatic heterocycles. The first-order valence-corrected chi connectivity index (χ1v) is 11.8. The Morgan fingerprint density at radius 1 is 1.31 bits per heavy atom. The molecule has 4 rings (SSSR count). The Balaban J connectivity index is 1.53. The number of anilines is 1. The van der Waals surface area contributed by atoms with Gasteiger partial charge in [-0.05, 0) is 50.8 Å². The van der Waals surface area contributed by atoms with E-state index in [-0.39, 0.29) is 29.2 Å². The molecule has 2 amide bonds. The molecule has 1 aromatic carbocycles. The number of amides is 2. The van der Waals surface area contributed by atoms with E-state index in [2.05, 4.69) is 10.4 Å². The number of fused-ring (bicyclic) bond motifs is 1. The van der Waals surface area contributed by atoms with E-state index in [0.29, 0.717) is 11.3 Å². The summed E-state index contributed by atoms with van der Waals surface area (Å²) in [7, 11) is 3.17. The molecule has 1 aliphatic carbocycles. The third-order valence-corrected chi connectivity index (χ3v) is 6.78. The molecule has 3 aromatic rings. The highest BCUT2D eigenvalue weighted by Gasteiger charge is 2.29. The number of aliphatic hydroxyl groups is 1. The number of hydrogen-bond acceptors (Lipinski definition) is 6. The van der Waals surface area contributed by atoms with E-state index < -0.39 is 24.4 Å². The number of carbonyl (C=O) groups is 2. The van der Waals surface area contributed by atoms with E-state index in [1.165, 1.54) is 32.4 Å². The van der Waals surface area contributed by atoms with Crippen molar-refractivity contribution in [3.8, 4) is 5.75 Å². The van der Waals surface area contributed by atoms with Gasteiger partial charge >= 0.3 is 0 Å². The van der Waals surface area contributed by atoms with Gasteiger partial charge in [0.1, 0.15) is 17.5 Å². The number of alkyl halides is 1. The van der Waals surface area contributed by atoms with Crippen LogP contribution in [0.3, 0.4) is 0 Å². The molecule has 11 heteroatoms. The van der Waals surface area contributed by atoms with Gasteiger partial charge in [-0.2, -0.15) is 5.10 Å². The second-order valence-corrected chi connectivity index (χ2v) is 9.08. The third kappa shape index (κ3) is 4.97. The molecule has 0 unspecified atom stereocenters. The predicted molar refractivity (Wildman–Crippen MR) is 132 cm³/mol. The van der Waals surface area contributed by atoms with Crippen LogP contribution in [0.2, 0.25) is 0 Å². The van der Waals surface area contributed by atoms with Gasteiger partial charge < -0.3 is 20.1 Å². The Morgan fingerprint density at radius 2 is 2.03 bits per heavy atom. The summed E-state index contributed by atoms with van der Waals surface area (Å²) in [5.74, 6) is -0.532. The molecule has 0 radical (unpaired) electrons. The lowest BCUT2D eigenvalue weighted by molar-refractivity contribution is -0.140. The van der Waals surface area contributed by atoms with Crippen LogP contribution in [-0.4, -0.2) is 62.5 Å². The Kier molecular flexibility index (Phi) is 7.39. The first-order chi connectivity index (χ1) is 17.2. The third-order valence-electron chi connectivity index (χ3n) is 6.78. The lowest BCUT2D eigenvalue weighted by Gasteiger charge is -2.35. The van der Waals surface area contributed by atoms with Crippen LogP contribution in [0.15, 0.2) is 41.5 Å². The highest BCUT2D eigenvalue weighted by Crippen LogP contribution is 2.33. The second-order valence-electron chi connectivity index (χ2n) is 9.08. The zero-order chi connectivity index (χ0) is 26.0. The number of carbonyl (C=O) groups excluding carboxylic acids is 2. The van der Waals surface area contributed by atoms with Gasteiger partial charge in [0, 0.05) is 36.9 Å². The van der Waals surface area contributed by atoms with Crippen LogP contribution in [0, 0.1) is 0 Å². The van der Waals surface area contributed by atoms with Crippen LogP contribution >= 0.6 is 0 Å². The number of ether oxygens (including phenoxy) is 1. The topological polar surface area (TPSA) is 119 Å². The molecule has 1 saturated carbocycles. The molecule has 2 heterocycles. The molecular weight excluding hydrogens is 469 g/mol. The number of pyridine rings is 1. The monoisotopic (exact) mass is 499 g/mol. The van der Waals surface area contributed by atoms with Crippen LogP contribution in [0.4, 0.5) is 10.1 Å². The first-order valence-electron chi connectivity index (χ1n) is 11.8. The van der Waals surface area contributed by atoms with Crippen LogP contribution in [0.5, 0.6) is 5.75 Å². The Morgan fingerprint density at radius 3 is 2.67 bits per heavy atom. The zero-order valence-corrected chi connectivity index (χ0v) is 20.5. The second kappa shape index (κ2) is 10.5. The van der Waals surface area contributed by atoms with E-state index in [0.717, 1.165) is 35.6 Å². The SMILES string of the molecule is COc1cc2nn(C3CCC(N(C)C(=O)[C@@H](C)O)CC3)cc2cc1C(=O)Nc1cccn(CF)c1=O. The molecule has 2 aromatic heterocycles. The van der Waals surface area contributed by atoms with Crippen molar-refractivity contribution in [1.29, 1.82) is 0 Å². The summed E-state index contributed by atoms with van der Waals surface area (Å²) in [4.78, 5) is 39.0. The predicted octanol–water partition coefficient (Wildman–Crippen LogP) is 2.71. The highest BCUT2D eigenvalue weighted by atomic mass is 19.1. The van der Waals surface area contributed by atoms with Crippen molar-refractivity contribution in [1.82, 2.24) is 19.2 Å². The average molecular weight is 500 g/mol. The molecule has 1 atom stereocenters. The van der Waals surface area contributed by atoms with E-state index in [1.54, 1.807) is 24.1 Å². The maximum atomic E-state index is 13.0. The van der Waals surface area contributed by atoms with Gasteiger partial charge in [-0.25, -0.2) is 4.39 Å². The summed E-state index contributed by atoms with van der Waals surface area (Å²) in [6, 6.07) is 6.43. The summed E-state index contributed by atoms with van der Waals surface area (Å²) in [6.45, 7) is 0.481. The molecule has 0 saturated heterocycles. The van der Waals surface area contributed by atoms with E-state index in [9.17, 15) is 23.9 Å². The molecule has 36 heavy (non-hydrogen) atoms. The van der Waals surface area contributed by atoms with Gasteiger partial charge in [0.05, 0.1) is 24.2 Å². The van der Waals surface area contributed by atoms with Crippen molar-refractivity contribution in [2.75, 3.05) is 19.5 Å². The fourth-order valence-corrected chi connectivity index (χ4v) is 4.71. The lowest BCUT2D eigenvalue weighted by Crippen LogP contribution is -2.43. The minimum Gasteiger partial charge on any atom is -0.496 e. The maximum Gasteiger partial charge on any atom is 0.276 e. The normalized spacial score (nSPS) is 18.6. The van der Waals surface area contributed by atoms with Crippen molar-refractivity contribution in [2.45, 2.75) is 57.6 Å². The molecule has 192 valence electrons. The van der Waals surface area contributed by atoms with Crippen LogP contribution in [0.1, 0.15) is 49.0 Å². The van der Waals surface area contributed by atoms with Crippen molar-refractivity contribution in [2.24, 2.45) is 0 Å². The molecule has 0 bridgehead atoms. The molecular formula is C25H30FN5O5. The molecule has 0 spiro atoms. The zero-order valence-electron chi connectivity index (χ0n) is 20.5. The summed E-state index contributed by atoms with van der Waals surface area (Å²) >= 11 is 0. The van der Waals surface area contributed by atoms with Crippen molar-refractivity contribution >= 4 is 28.4 Å². The van der Waals surface area contributed by atoms with Gasteiger partial charge in [0.2, 0.25) is 0 Å². The molecule has 1 fully saturated rings. The molecule has 2 N–H and O–H groups in total. The van der Waals surface area contributed by atoms with Crippen LogP contribution in [-0.2, 0) is 11.6 Å². The number of aromatic nitrogens is 3. The van der Waals surface area contributed by atoms with Crippen molar-refractivity contribution in [3.05, 3.63) is 52.6 Å². The fourth-order valence-electron chi connectivity index (χ4n) is 4.71. The van der Waals surface area contributed by atoms with Crippen LogP contribution < -0.4 is 15.6 Å². The number of aliphatic hydroxyl groups excluding tert-OH is 1. The Bertz CT molecular complexity index is 1330. The summed E-state index contributed by atoms with van der Waals surface area (Å²) in [5.41, 5.74) is 0.208. The number of methoxy groups -OCH3 is 1.